The number of aliphatic hydroxyl groups excluding tert-OH is 2. The zero-order chi connectivity index (χ0) is 12.5. The first kappa shape index (κ1) is 12.7. The molecule has 2 atom stereocenters. The van der Waals surface area contributed by atoms with Gasteiger partial charge in [-0.3, -0.25) is 0 Å². The van der Waals surface area contributed by atoms with Crippen molar-refractivity contribution in [2.24, 2.45) is 0 Å². The van der Waals surface area contributed by atoms with E-state index in [-0.39, 0.29) is 0 Å². The van der Waals surface area contributed by atoms with Crippen LogP contribution in [0.1, 0.15) is 28.4 Å². The molecule has 0 radical (unpaired) electrons. The zero-order valence-electron chi connectivity index (χ0n) is 9.56. The highest BCUT2D eigenvalue weighted by Crippen LogP contribution is 2.25. The molecular weight excluding hydrogens is 208 g/mol. The van der Waals surface area contributed by atoms with Crippen molar-refractivity contribution in [3.05, 3.63) is 34.4 Å². The molecule has 88 valence electrons. The van der Waals surface area contributed by atoms with Crippen LogP contribution >= 0.6 is 0 Å². The van der Waals surface area contributed by atoms with Gasteiger partial charge in [0.1, 0.15) is 6.10 Å². The predicted molar refractivity (Wildman–Crippen MR) is 59.3 cm³/mol. The van der Waals surface area contributed by atoms with Crippen LogP contribution in [0.25, 0.3) is 0 Å². The van der Waals surface area contributed by atoms with Gasteiger partial charge in [-0.15, -0.1) is 0 Å². The summed E-state index contributed by atoms with van der Waals surface area (Å²) in [5.41, 5.74) is 3.09. The van der Waals surface area contributed by atoms with E-state index < -0.39 is 18.2 Å². The van der Waals surface area contributed by atoms with E-state index in [1.54, 1.807) is 13.8 Å². The number of rotatable bonds is 3. The summed E-state index contributed by atoms with van der Waals surface area (Å²) in [5.74, 6) is -1.42. The monoisotopic (exact) mass is 224 g/mol. The van der Waals surface area contributed by atoms with Gasteiger partial charge in [0.25, 0.3) is 0 Å². The van der Waals surface area contributed by atoms with Crippen LogP contribution in [0.2, 0.25) is 0 Å². The van der Waals surface area contributed by atoms with Crippen LogP contribution in [-0.2, 0) is 4.79 Å². The Labute approximate surface area is 94.2 Å². The highest BCUT2D eigenvalue weighted by molar-refractivity contribution is 5.73. The standard InChI is InChI=1S/C12H16O4/c1-6-4-7(2)9(8(3)5-6)10(13)11(14)12(15)16/h4-5,10-11,13-14H,1-3H3,(H,15,16)/t10-,11+/m1/s1. The summed E-state index contributed by atoms with van der Waals surface area (Å²) in [6.45, 7) is 5.49. The van der Waals surface area contributed by atoms with Crippen LogP contribution in [0.5, 0.6) is 0 Å². The average molecular weight is 224 g/mol. The highest BCUT2D eigenvalue weighted by atomic mass is 16.4. The zero-order valence-corrected chi connectivity index (χ0v) is 9.56. The molecule has 0 aliphatic carbocycles. The number of aliphatic hydroxyl groups is 2. The number of carboxylic acids is 1. The van der Waals surface area contributed by atoms with Gasteiger partial charge in [0.15, 0.2) is 6.10 Å². The molecule has 0 amide bonds. The first-order valence-electron chi connectivity index (χ1n) is 5.01. The molecule has 0 saturated carbocycles. The minimum atomic E-state index is -1.79. The summed E-state index contributed by atoms with van der Waals surface area (Å²) in [6.07, 6.45) is -3.18. The van der Waals surface area contributed by atoms with Gasteiger partial charge in [-0.25, -0.2) is 4.79 Å². The van der Waals surface area contributed by atoms with E-state index in [9.17, 15) is 15.0 Å². The molecule has 0 heterocycles. The topological polar surface area (TPSA) is 77.8 Å². The molecule has 1 rings (SSSR count). The molecule has 0 saturated heterocycles. The van der Waals surface area contributed by atoms with Crippen molar-refractivity contribution in [3.8, 4) is 0 Å². The summed E-state index contributed by atoms with van der Waals surface area (Å²) in [6, 6.07) is 3.69. The Morgan fingerprint density at radius 1 is 1.12 bits per heavy atom. The van der Waals surface area contributed by atoms with Gasteiger partial charge < -0.3 is 15.3 Å². The van der Waals surface area contributed by atoms with Crippen LogP contribution in [0, 0.1) is 20.8 Å². The Hall–Kier alpha value is -1.39. The molecule has 0 aromatic heterocycles. The van der Waals surface area contributed by atoms with Gasteiger partial charge in [0.05, 0.1) is 0 Å². The summed E-state index contributed by atoms with van der Waals surface area (Å²) in [7, 11) is 0. The van der Waals surface area contributed by atoms with Crippen LogP contribution in [0.15, 0.2) is 12.1 Å². The quantitative estimate of drug-likeness (QED) is 0.718. The molecule has 0 aliphatic rings. The molecule has 1 aromatic carbocycles. The number of aliphatic carboxylic acids is 1. The predicted octanol–water partition coefficient (Wildman–Crippen LogP) is 1.09. The number of carbonyl (C=O) groups is 1. The second kappa shape index (κ2) is 4.63. The molecule has 0 bridgehead atoms. The summed E-state index contributed by atoms with van der Waals surface area (Å²) in [5, 5.41) is 27.7. The van der Waals surface area contributed by atoms with E-state index in [1.165, 1.54) is 0 Å². The van der Waals surface area contributed by atoms with Crippen molar-refractivity contribution in [3.63, 3.8) is 0 Å². The molecule has 4 nitrogen and oxygen atoms in total. The summed E-state index contributed by atoms with van der Waals surface area (Å²) in [4.78, 5) is 10.6. The lowest BCUT2D eigenvalue weighted by atomic mass is 9.93. The Morgan fingerprint density at radius 2 is 1.56 bits per heavy atom. The van der Waals surface area contributed by atoms with Gasteiger partial charge in [-0.1, -0.05) is 17.7 Å². The van der Waals surface area contributed by atoms with E-state index >= 15 is 0 Å². The smallest absolute Gasteiger partial charge is 0.335 e. The normalized spacial score (nSPS) is 14.6. The number of carboxylic acid groups (broad SMARTS) is 1. The number of hydrogen-bond donors (Lipinski definition) is 3. The van der Waals surface area contributed by atoms with Crippen LogP contribution < -0.4 is 0 Å². The number of aryl methyl sites for hydroxylation is 3. The van der Waals surface area contributed by atoms with Crippen LogP contribution in [-0.4, -0.2) is 27.4 Å². The Balaban J connectivity index is 3.18. The van der Waals surface area contributed by atoms with Gasteiger partial charge in [0.2, 0.25) is 0 Å². The first-order valence-corrected chi connectivity index (χ1v) is 5.01. The van der Waals surface area contributed by atoms with Crippen molar-refractivity contribution in [1.82, 2.24) is 0 Å². The van der Waals surface area contributed by atoms with E-state index in [0.717, 1.165) is 16.7 Å². The molecule has 0 fully saturated rings. The third kappa shape index (κ3) is 2.40. The second-order valence-electron chi connectivity index (χ2n) is 4.04. The van der Waals surface area contributed by atoms with E-state index in [4.69, 9.17) is 5.11 Å². The lowest BCUT2D eigenvalue weighted by molar-refractivity contribution is -0.153. The molecular formula is C12H16O4. The van der Waals surface area contributed by atoms with Crippen LogP contribution in [0.3, 0.4) is 0 Å². The van der Waals surface area contributed by atoms with E-state index in [1.807, 2.05) is 19.1 Å². The van der Waals surface area contributed by atoms with Crippen molar-refractivity contribution >= 4 is 5.97 Å². The average Bonchev–Trinajstić information content (AvgIpc) is 2.14. The fourth-order valence-electron chi connectivity index (χ4n) is 1.95. The van der Waals surface area contributed by atoms with Gasteiger partial charge >= 0.3 is 5.97 Å². The van der Waals surface area contributed by atoms with Crippen molar-refractivity contribution in [2.45, 2.75) is 33.0 Å². The first-order chi connectivity index (χ1) is 7.34. The van der Waals surface area contributed by atoms with E-state index in [0.29, 0.717) is 5.56 Å². The summed E-state index contributed by atoms with van der Waals surface area (Å²) >= 11 is 0. The van der Waals surface area contributed by atoms with Gasteiger partial charge in [0, 0.05) is 0 Å². The highest BCUT2D eigenvalue weighted by Gasteiger charge is 2.27. The maximum atomic E-state index is 10.6. The van der Waals surface area contributed by atoms with Gasteiger partial charge in [-0.05, 0) is 37.5 Å². The van der Waals surface area contributed by atoms with Crippen molar-refractivity contribution in [2.75, 3.05) is 0 Å². The Morgan fingerprint density at radius 3 is 1.94 bits per heavy atom. The molecule has 1 aromatic rings. The third-order valence-corrected chi connectivity index (χ3v) is 2.59. The van der Waals surface area contributed by atoms with Crippen LogP contribution in [0.4, 0.5) is 0 Å². The van der Waals surface area contributed by atoms with Crippen molar-refractivity contribution < 1.29 is 20.1 Å². The fraction of sp³-hybridized carbons (Fsp3) is 0.417. The lowest BCUT2D eigenvalue weighted by Gasteiger charge is -2.19. The maximum absolute atomic E-state index is 10.6. The maximum Gasteiger partial charge on any atom is 0.335 e. The summed E-state index contributed by atoms with van der Waals surface area (Å²) < 4.78 is 0. The molecule has 0 aliphatic heterocycles. The molecule has 4 heteroatoms. The Kier molecular flexibility index (Phi) is 3.67. The largest absolute Gasteiger partial charge is 0.479 e. The SMILES string of the molecule is Cc1cc(C)c([C@@H](O)[C@H](O)C(=O)O)c(C)c1. The lowest BCUT2D eigenvalue weighted by Crippen LogP contribution is -2.28. The minimum Gasteiger partial charge on any atom is -0.479 e. The molecule has 0 unspecified atom stereocenters. The second-order valence-corrected chi connectivity index (χ2v) is 4.04. The number of hydrogen-bond acceptors (Lipinski definition) is 3. The third-order valence-electron chi connectivity index (χ3n) is 2.59. The molecule has 3 N–H and O–H groups in total. The minimum absolute atomic E-state index is 0.487. The fourth-order valence-corrected chi connectivity index (χ4v) is 1.95. The van der Waals surface area contributed by atoms with Crippen molar-refractivity contribution in [1.29, 1.82) is 0 Å². The van der Waals surface area contributed by atoms with Gasteiger partial charge in [-0.2, -0.15) is 0 Å². The Bertz CT molecular complexity index is 388. The molecule has 0 spiro atoms. The van der Waals surface area contributed by atoms with E-state index in [2.05, 4.69) is 0 Å². The molecule has 16 heavy (non-hydrogen) atoms. The number of benzene rings is 1.